The van der Waals surface area contributed by atoms with Crippen LogP contribution < -0.4 is 10.6 Å². The first-order chi connectivity index (χ1) is 18.7. The number of carbonyl (C=O) groups is 1. The first-order valence-electron chi connectivity index (χ1n) is 12.6. The Kier molecular flexibility index (Phi) is 8.49. The van der Waals surface area contributed by atoms with Gasteiger partial charge in [0.25, 0.3) is 0 Å². The number of morpholine rings is 1. The van der Waals surface area contributed by atoms with Crippen LogP contribution >= 0.6 is 11.3 Å². The van der Waals surface area contributed by atoms with E-state index in [1.807, 2.05) is 4.90 Å². The van der Waals surface area contributed by atoms with Crippen molar-refractivity contribution < 1.29 is 31.8 Å². The fraction of sp³-hybridized carbons (Fsp3) is 0.480. The maximum Gasteiger partial charge on any atom is 0.234 e. The number of aliphatic hydroxyl groups excluding tert-OH is 1. The summed E-state index contributed by atoms with van der Waals surface area (Å²) in [5.74, 6) is -1.92. The van der Waals surface area contributed by atoms with Crippen LogP contribution in [0.3, 0.4) is 0 Å². The lowest BCUT2D eigenvalue weighted by Gasteiger charge is -2.28. The monoisotopic (exact) mass is 581 g/mol. The largest absolute Gasteiger partial charge is 0.379 e. The molecule has 1 saturated carbocycles. The lowest BCUT2D eigenvalue weighted by Crippen LogP contribution is -2.46. The van der Waals surface area contributed by atoms with Crippen molar-refractivity contribution in [2.75, 3.05) is 45.1 Å². The third kappa shape index (κ3) is 6.94. The second-order valence-corrected chi connectivity index (χ2v) is 12.9. The molecule has 0 radical (unpaired) electrons. The van der Waals surface area contributed by atoms with Crippen LogP contribution in [-0.4, -0.2) is 91.7 Å². The van der Waals surface area contributed by atoms with Crippen LogP contribution in [0.1, 0.15) is 23.1 Å². The molecule has 0 bridgehead atoms. The highest BCUT2D eigenvalue weighted by atomic mass is 32.2. The van der Waals surface area contributed by atoms with E-state index in [9.17, 15) is 27.1 Å². The highest BCUT2D eigenvalue weighted by Crippen LogP contribution is 2.36. The number of nitrogens with zero attached hydrogens (tertiary/aromatic N) is 3. The molecule has 2 aliphatic rings. The number of halogens is 2. The third-order valence-corrected chi connectivity index (χ3v) is 9.92. The summed E-state index contributed by atoms with van der Waals surface area (Å²) < 4.78 is 61.2. The molecule has 1 saturated heterocycles. The van der Waals surface area contributed by atoms with Crippen molar-refractivity contribution in [3.8, 4) is 11.1 Å². The van der Waals surface area contributed by atoms with Gasteiger partial charge in [0.15, 0.2) is 15.1 Å². The number of hydrogen-bond acceptors (Lipinski definition) is 10. The van der Waals surface area contributed by atoms with Crippen molar-refractivity contribution in [1.82, 2.24) is 25.5 Å². The SMILES string of the molecule is O=C(CNC(O)C(c1nc2cc(F)c(-c3ccc(F)nc3)cc2s1)S(=O)(=O)CCN1CCOCC1)NC1CC1. The van der Waals surface area contributed by atoms with Gasteiger partial charge in [-0.1, -0.05) is 0 Å². The van der Waals surface area contributed by atoms with E-state index in [0.717, 1.165) is 30.2 Å². The number of aliphatic hydroxyl groups is 1. The molecule has 1 aromatic carbocycles. The van der Waals surface area contributed by atoms with Crippen molar-refractivity contribution in [3.05, 3.63) is 47.2 Å². The van der Waals surface area contributed by atoms with E-state index in [1.54, 1.807) is 0 Å². The Bertz CT molecular complexity index is 1430. The van der Waals surface area contributed by atoms with Crippen LogP contribution in [0, 0.1) is 11.8 Å². The third-order valence-electron chi connectivity index (χ3n) is 6.66. The lowest BCUT2D eigenvalue weighted by molar-refractivity contribution is -0.121. The molecule has 3 aromatic rings. The van der Waals surface area contributed by atoms with Crippen LogP contribution in [0.2, 0.25) is 0 Å². The maximum atomic E-state index is 15.0. The molecule has 0 spiro atoms. The topological polar surface area (TPSA) is 134 Å². The molecule has 10 nitrogen and oxygen atoms in total. The number of ether oxygens (including phenoxy) is 1. The maximum absolute atomic E-state index is 15.0. The minimum Gasteiger partial charge on any atom is -0.379 e. The first kappa shape index (κ1) is 27.9. The quantitative estimate of drug-likeness (QED) is 0.228. The van der Waals surface area contributed by atoms with Crippen molar-refractivity contribution >= 4 is 37.3 Å². The van der Waals surface area contributed by atoms with Crippen molar-refractivity contribution in [2.24, 2.45) is 0 Å². The normalized spacial score (nSPS) is 18.2. The molecule has 1 amide bonds. The average molecular weight is 582 g/mol. The molecule has 210 valence electrons. The van der Waals surface area contributed by atoms with Crippen molar-refractivity contribution in [1.29, 1.82) is 0 Å². The summed E-state index contributed by atoms with van der Waals surface area (Å²) in [5, 5.41) is 15.0. The van der Waals surface area contributed by atoms with Crippen molar-refractivity contribution in [3.63, 3.8) is 0 Å². The molecule has 3 heterocycles. The van der Waals surface area contributed by atoms with Crippen LogP contribution in [0.5, 0.6) is 0 Å². The van der Waals surface area contributed by atoms with Gasteiger partial charge in [0.05, 0.1) is 35.7 Å². The molecule has 1 aliphatic heterocycles. The van der Waals surface area contributed by atoms with Gasteiger partial charge in [-0.15, -0.1) is 11.3 Å². The Morgan fingerprint density at radius 1 is 1.23 bits per heavy atom. The summed E-state index contributed by atoms with van der Waals surface area (Å²) in [6, 6.07) is 5.31. The highest BCUT2D eigenvalue weighted by Gasteiger charge is 2.37. The zero-order valence-corrected chi connectivity index (χ0v) is 22.6. The molecule has 2 unspecified atom stereocenters. The number of amides is 1. The van der Waals surface area contributed by atoms with Gasteiger partial charge in [0, 0.05) is 49.1 Å². The van der Waals surface area contributed by atoms with Crippen LogP contribution in [0.25, 0.3) is 21.3 Å². The summed E-state index contributed by atoms with van der Waals surface area (Å²) in [6.45, 7) is 2.21. The number of thiazole rings is 1. The van der Waals surface area contributed by atoms with E-state index < -0.39 is 33.1 Å². The number of pyridine rings is 1. The second-order valence-electron chi connectivity index (χ2n) is 9.63. The fourth-order valence-corrected chi connectivity index (χ4v) is 7.55. The van der Waals surface area contributed by atoms with Gasteiger partial charge in [0.2, 0.25) is 11.9 Å². The number of hydrogen-bond donors (Lipinski definition) is 3. The van der Waals surface area contributed by atoms with Gasteiger partial charge in [0.1, 0.15) is 17.1 Å². The van der Waals surface area contributed by atoms with E-state index in [1.165, 1.54) is 24.4 Å². The zero-order valence-electron chi connectivity index (χ0n) is 21.0. The molecule has 5 rings (SSSR count). The van der Waals surface area contributed by atoms with E-state index in [2.05, 4.69) is 20.6 Å². The number of sulfone groups is 1. The van der Waals surface area contributed by atoms with E-state index in [0.29, 0.717) is 36.6 Å². The van der Waals surface area contributed by atoms with E-state index >= 15 is 0 Å². The standard InChI is InChI=1S/C25H29F2N5O5S2/c26-18-12-19-20(11-17(18)15-1-4-21(27)28-13-15)38-25(31-19)23(24(34)29-14-22(33)30-16-2-3-16)39(35,36)10-7-32-5-8-37-9-6-32/h1,4,11-13,16,23-24,29,34H,2-3,5-10,14H2,(H,30,33). The van der Waals surface area contributed by atoms with Crippen LogP contribution in [0.4, 0.5) is 8.78 Å². The number of fused-ring (bicyclic) bond motifs is 1. The number of rotatable bonds is 11. The second kappa shape index (κ2) is 11.9. The molecule has 39 heavy (non-hydrogen) atoms. The number of aromatic nitrogens is 2. The predicted octanol–water partition coefficient (Wildman–Crippen LogP) is 1.61. The van der Waals surface area contributed by atoms with Gasteiger partial charge in [-0.25, -0.2) is 22.8 Å². The van der Waals surface area contributed by atoms with Gasteiger partial charge >= 0.3 is 0 Å². The van der Waals surface area contributed by atoms with E-state index in [4.69, 9.17) is 4.74 Å². The molecule has 1 aliphatic carbocycles. The van der Waals surface area contributed by atoms with Gasteiger partial charge < -0.3 is 15.2 Å². The number of nitrogens with one attached hydrogen (secondary N) is 2. The summed E-state index contributed by atoms with van der Waals surface area (Å²) in [5.41, 5.74) is 0.731. The summed E-state index contributed by atoms with van der Waals surface area (Å²) in [4.78, 5) is 22.1. The lowest BCUT2D eigenvalue weighted by atomic mass is 10.1. The number of carbonyl (C=O) groups excluding carboxylic acids is 1. The number of benzene rings is 1. The Balaban J connectivity index is 1.42. The minimum atomic E-state index is -3.98. The molecule has 2 fully saturated rings. The Hall–Kier alpha value is -2.62. The molecule has 2 aromatic heterocycles. The first-order valence-corrected chi connectivity index (χ1v) is 15.2. The molecular weight excluding hydrogens is 552 g/mol. The Morgan fingerprint density at radius 3 is 2.69 bits per heavy atom. The average Bonchev–Trinajstić information content (AvgIpc) is 3.64. The fourth-order valence-electron chi connectivity index (χ4n) is 4.35. The van der Waals surface area contributed by atoms with Gasteiger partial charge in [-0.3, -0.25) is 15.0 Å². The molecular formula is C25H29F2N5O5S2. The predicted molar refractivity (Wildman–Crippen MR) is 142 cm³/mol. The summed E-state index contributed by atoms with van der Waals surface area (Å²) in [7, 11) is -3.98. The highest BCUT2D eigenvalue weighted by molar-refractivity contribution is 7.91. The smallest absolute Gasteiger partial charge is 0.234 e. The summed E-state index contributed by atoms with van der Waals surface area (Å²) in [6.07, 6.45) is 1.37. The van der Waals surface area contributed by atoms with Gasteiger partial charge in [-0.05, 0) is 31.0 Å². The van der Waals surface area contributed by atoms with E-state index in [-0.39, 0.29) is 46.9 Å². The Labute approximate surface area is 228 Å². The molecule has 2 atom stereocenters. The van der Waals surface area contributed by atoms with Crippen molar-refractivity contribution in [2.45, 2.75) is 30.4 Å². The molecule has 3 N–H and O–H groups in total. The van der Waals surface area contributed by atoms with Crippen LogP contribution in [0.15, 0.2) is 30.5 Å². The van der Waals surface area contributed by atoms with Gasteiger partial charge in [-0.2, -0.15) is 4.39 Å². The Morgan fingerprint density at radius 2 is 2.00 bits per heavy atom. The summed E-state index contributed by atoms with van der Waals surface area (Å²) >= 11 is 1.01. The molecule has 14 heteroatoms. The van der Waals surface area contributed by atoms with Crippen LogP contribution in [-0.2, 0) is 19.4 Å². The minimum absolute atomic E-state index is 0.0726. The zero-order chi connectivity index (χ0) is 27.6.